The van der Waals surface area contributed by atoms with Crippen LogP contribution in [0.25, 0.3) is 88.0 Å². The summed E-state index contributed by atoms with van der Waals surface area (Å²) in [6.07, 6.45) is 1.65. The van der Waals surface area contributed by atoms with E-state index in [2.05, 4.69) is 145 Å². The van der Waals surface area contributed by atoms with Crippen molar-refractivity contribution >= 4 is 31.6 Å². The summed E-state index contributed by atoms with van der Waals surface area (Å²) in [6.45, 7) is 0. The molecule has 0 saturated heterocycles. The van der Waals surface area contributed by atoms with Crippen LogP contribution in [0.15, 0.2) is 164 Å². The number of hydrogen-bond donors (Lipinski definition) is 0. The number of benzene rings is 6. The van der Waals surface area contributed by atoms with Crippen LogP contribution in [-0.4, -0.2) is 24.9 Å². The molecule has 5 nitrogen and oxygen atoms in total. The van der Waals surface area contributed by atoms with Crippen LogP contribution in [0, 0.1) is 0 Å². The van der Waals surface area contributed by atoms with Gasteiger partial charge in [-0.3, -0.25) is 0 Å². The van der Waals surface area contributed by atoms with Gasteiger partial charge in [0.1, 0.15) is 6.33 Å². The van der Waals surface area contributed by atoms with E-state index in [1.807, 2.05) is 18.2 Å². The molecule has 3 aromatic heterocycles. The van der Waals surface area contributed by atoms with Crippen LogP contribution in [-0.2, 0) is 0 Å². The van der Waals surface area contributed by atoms with Gasteiger partial charge in [-0.15, -0.1) is 11.3 Å². The fourth-order valence-electron chi connectivity index (χ4n) is 6.21. The number of rotatable bonds is 6. The number of hydrogen-bond acceptors (Lipinski definition) is 6. The van der Waals surface area contributed by atoms with Gasteiger partial charge in [-0.05, 0) is 40.5 Å². The summed E-state index contributed by atoms with van der Waals surface area (Å²) in [5.74, 6) is 1.83. The zero-order valence-electron chi connectivity index (χ0n) is 26.2. The van der Waals surface area contributed by atoms with Gasteiger partial charge in [0, 0.05) is 32.3 Å². The van der Waals surface area contributed by atoms with Crippen molar-refractivity contribution in [3.8, 4) is 67.7 Å². The van der Waals surface area contributed by atoms with Crippen LogP contribution in [0.4, 0.5) is 0 Å². The van der Waals surface area contributed by atoms with Crippen LogP contribution in [0.3, 0.4) is 0 Å². The van der Waals surface area contributed by atoms with Gasteiger partial charge in [0.25, 0.3) is 0 Å². The smallest absolute Gasteiger partial charge is 0.164 e. The van der Waals surface area contributed by atoms with Crippen LogP contribution < -0.4 is 0 Å². The lowest BCUT2D eigenvalue weighted by atomic mass is 10.0. The monoisotopic (exact) mass is 645 g/mol. The molecular formula is C43H27N5S. The lowest BCUT2D eigenvalue weighted by Gasteiger charge is -2.11. The van der Waals surface area contributed by atoms with Crippen molar-refractivity contribution in [1.82, 2.24) is 24.9 Å². The lowest BCUT2D eigenvalue weighted by Crippen LogP contribution is -2.00. The molecule has 49 heavy (non-hydrogen) atoms. The molecule has 0 bridgehead atoms. The fraction of sp³-hybridized carbons (Fsp3) is 0. The standard InChI is InChI=1S/C43H27N5S/c1-3-11-28(12-4-1)30-21-23-31(24-22-30)41-46-42(34-17-9-15-32(25-34)29-13-5-2-6-14-29)48-43(47-41)35-18-10-16-33(26-35)38-40-39(45-27-44-38)36-19-7-8-20-37(36)49-40/h1-27H. The normalized spacial score (nSPS) is 11.3. The van der Waals surface area contributed by atoms with E-state index >= 15 is 0 Å². The Kier molecular flexibility index (Phi) is 7.26. The summed E-state index contributed by atoms with van der Waals surface area (Å²) >= 11 is 1.72. The third kappa shape index (κ3) is 5.54. The van der Waals surface area contributed by atoms with Crippen molar-refractivity contribution < 1.29 is 0 Å². The van der Waals surface area contributed by atoms with Gasteiger partial charge in [-0.1, -0.05) is 140 Å². The van der Waals surface area contributed by atoms with E-state index < -0.39 is 0 Å². The Morgan fingerprint density at radius 1 is 0.367 bits per heavy atom. The first kappa shape index (κ1) is 28.8. The van der Waals surface area contributed by atoms with Gasteiger partial charge in [0.15, 0.2) is 17.5 Å². The summed E-state index contributed by atoms with van der Waals surface area (Å²) in [5, 5.41) is 1.14. The van der Waals surface area contributed by atoms with E-state index in [9.17, 15) is 0 Å². The zero-order valence-corrected chi connectivity index (χ0v) is 27.0. The molecule has 9 aromatic rings. The maximum atomic E-state index is 5.08. The first-order valence-electron chi connectivity index (χ1n) is 16.1. The topological polar surface area (TPSA) is 64.5 Å². The Bertz CT molecular complexity index is 2600. The molecule has 0 aliphatic carbocycles. The molecule has 0 saturated carbocycles. The minimum Gasteiger partial charge on any atom is -0.235 e. The molecule has 0 amide bonds. The highest BCUT2D eigenvalue weighted by Gasteiger charge is 2.16. The molecule has 0 aliphatic rings. The molecule has 9 rings (SSSR count). The highest BCUT2D eigenvalue weighted by atomic mass is 32.1. The Balaban J connectivity index is 1.18. The number of thiophene rings is 1. The molecule has 3 heterocycles. The molecule has 6 heteroatoms. The van der Waals surface area contributed by atoms with Gasteiger partial charge in [-0.2, -0.15) is 0 Å². The molecule has 0 radical (unpaired) electrons. The summed E-state index contributed by atoms with van der Waals surface area (Å²) in [5.41, 5.74) is 10.1. The molecule has 0 N–H and O–H groups in total. The Morgan fingerprint density at radius 3 is 1.55 bits per heavy atom. The molecule has 6 aromatic carbocycles. The Morgan fingerprint density at radius 2 is 0.857 bits per heavy atom. The quantitative estimate of drug-likeness (QED) is 0.180. The Labute approximate surface area is 287 Å². The van der Waals surface area contributed by atoms with Crippen molar-refractivity contribution in [1.29, 1.82) is 0 Å². The number of nitrogens with zero attached hydrogens (tertiary/aromatic N) is 5. The van der Waals surface area contributed by atoms with Gasteiger partial charge in [-0.25, -0.2) is 24.9 Å². The van der Waals surface area contributed by atoms with Crippen molar-refractivity contribution in [3.63, 3.8) is 0 Å². The molecule has 0 unspecified atom stereocenters. The molecule has 0 fully saturated rings. The Hall–Kier alpha value is -6.37. The third-order valence-electron chi connectivity index (χ3n) is 8.67. The second kappa shape index (κ2) is 12.3. The SMILES string of the molecule is c1ccc(-c2ccc(-c3nc(-c4cccc(-c5ccccc5)c4)nc(-c4cccc(-c5ncnc6c5sc5ccccc56)c4)n3)cc2)cc1. The number of aromatic nitrogens is 5. The largest absolute Gasteiger partial charge is 0.235 e. The summed E-state index contributed by atoms with van der Waals surface area (Å²) in [4.78, 5) is 24.6. The molecule has 230 valence electrons. The molecule has 0 spiro atoms. The van der Waals surface area contributed by atoms with Gasteiger partial charge in [0.2, 0.25) is 0 Å². The van der Waals surface area contributed by atoms with E-state index in [0.717, 1.165) is 65.8 Å². The highest BCUT2D eigenvalue weighted by Crippen LogP contribution is 2.38. The number of fused-ring (bicyclic) bond motifs is 3. The minimum atomic E-state index is 0.598. The van der Waals surface area contributed by atoms with Crippen LogP contribution in [0.2, 0.25) is 0 Å². The minimum absolute atomic E-state index is 0.598. The van der Waals surface area contributed by atoms with E-state index in [4.69, 9.17) is 19.9 Å². The van der Waals surface area contributed by atoms with Gasteiger partial charge >= 0.3 is 0 Å². The lowest BCUT2D eigenvalue weighted by molar-refractivity contribution is 1.07. The second-order valence-corrected chi connectivity index (χ2v) is 12.8. The maximum absolute atomic E-state index is 5.08. The van der Waals surface area contributed by atoms with Crippen LogP contribution >= 0.6 is 11.3 Å². The highest BCUT2D eigenvalue weighted by molar-refractivity contribution is 7.26. The second-order valence-electron chi connectivity index (χ2n) is 11.8. The molecule has 0 atom stereocenters. The van der Waals surface area contributed by atoms with E-state index in [-0.39, 0.29) is 0 Å². The van der Waals surface area contributed by atoms with Crippen molar-refractivity contribution in [3.05, 3.63) is 164 Å². The van der Waals surface area contributed by atoms with E-state index in [1.165, 1.54) is 4.70 Å². The average Bonchev–Trinajstić information content (AvgIpc) is 3.58. The fourth-order valence-corrected chi connectivity index (χ4v) is 7.38. The van der Waals surface area contributed by atoms with E-state index in [0.29, 0.717) is 17.5 Å². The van der Waals surface area contributed by atoms with Gasteiger partial charge < -0.3 is 0 Å². The molecule has 0 aliphatic heterocycles. The third-order valence-corrected chi connectivity index (χ3v) is 9.83. The van der Waals surface area contributed by atoms with Crippen molar-refractivity contribution in [2.24, 2.45) is 0 Å². The zero-order chi connectivity index (χ0) is 32.6. The van der Waals surface area contributed by atoms with Crippen molar-refractivity contribution in [2.75, 3.05) is 0 Å². The van der Waals surface area contributed by atoms with Gasteiger partial charge in [0.05, 0.1) is 15.9 Å². The summed E-state index contributed by atoms with van der Waals surface area (Å²) < 4.78 is 2.26. The first-order valence-corrected chi connectivity index (χ1v) is 16.9. The van der Waals surface area contributed by atoms with Crippen LogP contribution in [0.1, 0.15) is 0 Å². The van der Waals surface area contributed by atoms with E-state index in [1.54, 1.807) is 17.7 Å². The predicted molar refractivity (Wildman–Crippen MR) is 201 cm³/mol. The maximum Gasteiger partial charge on any atom is 0.164 e. The average molecular weight is 646 g/mol. The predicted octanol–water partition coefficient (Wildman–Crippen LogP) is 11.0. The van der Waals surface area contributed by atoms with Crippen LogP contribution in [0.5, 0.6) is 0 Å². The summed E-state index contributed by atoms with van der Waals surface area (Å²) in [7, 11) is 0. The first-order chi connectivity index (χ1) is 24.3. The molecular weight excluding hydrogens is 619 g/mol. The summed E-state index contributed by atoms with van der Waals surface area (Å²) in [6, 6.07) is 54.2. The van der Waals surface area contributed by atoms with Crippen molar-refractivity contribution in [2.45, 2.75) is 0 Å².